The van der Waals surface area contributed by atoms with Crippen LogP contribution in [0.1, 0.15) is 24.1 Å². The number of hydrogen-bond donors (Lipinski definition) is 0. The van der Waals surface area contributed by atoms with Crippen molar-refractivity contribution in [3.05, 3.63) is 59.6 Å². The van der Waals surface area contributed by atoms with Crippen molar-refractivity contribution in [2.75, 3.05) is 18.0 Å². The minimum absolute atomic E-state index is 0.148. The second kappa shape index (κ2) is 7.39. The van der Waals surface area contributed by atoms with E-state index >= 15 is 0 Å². The number of fused-ring (bicyclic) bond motifs is 1. The van der Waals surface area contributed by atoms with Crippen LogP contribution in [0.3, 0.4) is 0 Å². The number of aromatic nitrogens is 2. The van der Waals surface area contributed by atoms with E-state index < -0.39 is 5.95 Å². The molecule has 0 aliphatic carbocycles. The maximum absolute atomic E-state index is 13.9. The Bertz CT molecular complexity index is 1070. The molecular formula is C21H18F2N4O. The van der Waals surface area contributed by atoms with Crippen LogP contribution in [0.4, 0.5) is 14.5 Å². The van der Waals surface area contributed by atoms with Crippen molar-refractivity contribution >= 4 is 16.6 Å². The van der Waals surface area contributed by atoms with E-state index in [2.05, 4.69) is 16.0 Å². The third kappa shape index (κ3) is 3.46. The molecule has 1 fully saturated rings. The van der Waals surface area contributed by atoms with Gasteiger partial charge >= 0.3 is 0 Å². The van der Waals surface area contributed by atoms with Crippen molar-refractivity contribution in [3.63, 3.8) is 0 Å². The Morgan fingerprint density at radius 3 is 2.68 bits per heavy atom. The van der Waals surface area contributed by atoms with Crippen LogP contribution in [-0.2, 0) is 0 Å². The monoisotopic (exact) mass is 380 g/mol. The zero-order valence-electron chi connectivity index (χ0n) is 15.3. The first kappa shape index (κ1) is 18.1. The van der Waals surface area contributed by atoms with E-state index in [0.717, 1.165) is 0 Å². The van der Waals surface area contributed by atoms with Crippen molar-refractivity contribution in [2.24, 2.45) is 0 Å². The van der Waals surface area contributed by atoms with Gasteiger partial charge in [0.2, 0.25) is 0 Å². The van der Waals surface area contributed by atoms with Gasteiger partial charge in [0.1, 0.15) is 18.0 Å². The van der Waals surface area contributed by atoms with Gasteiger partial charge in [-0.15, -0.1) is 0 Å². The number of halogens is 2. The lowest BCUT2D eigenvalue weighted by Gasteiger charge is -2.34. The minimum Gasteiger partial charge on any atom is -0.485 e. The standard InChI is InChI=1S/C21H18F2N4O/c1-13-2-5-19(21(23)26-13)28-16-6-8-27(9-7-16)20-14(11-24)12-25-18-4-3-15(22)10-17(18)20/h2-5,10,12,16H,6-9H2,1H3. The molecule has 1 aliphatic heterocycles. The van der Waals surface area contributed by atoms with Gasteiger partial charge in [0.15, 0.2) is 5.75 Å². The summed E-state index contributed by atoms with van der Waals surface area (Å²) < 4.78 is 33.5. The van der Waals surface area contributed by atoms with Gasteiger partial charge in [0, 0.05) is 43.2 Å². The molecule has 0 amide bonds. The summed E-state index contributed by atoms with van der Waals surface area (Å²) in [4.78, 5) is 10.1. The van der Waals surface area contributed by atoms with Gasteiger partial charge < -0.3 is 9.64 Å². The first-order valence-electron chi connectivity index (χ1n) is 9.08. The average Bonchev–Trinajstić information content (AvgIpc) is 2.70. The number of rotatable bonds is 3. The van der Waals surface area contributed by atoms with Crippen molar-refractivity contribution in [1.29, 1.82) is 5.26 Å². The number of piperidine rings is 1. The van der Waals surface area contributed by atoms with Gasteiger partial charge in [-0.2, -0.15) is 9.65 Å². The van der Waals surface area contributed by atoms with Crippen molar-refractivity contribution in [3.8, 4) is 11.8 Å². The molecule has 0 N–H and O–H groups in total. The Morgan fingerprint density at radius 1 is 1.18 bits per heavy atom. The molecule has 2 aromatic heterocycles. The molecule has 7 heteroatoms. The molecule has 1 aliphatic rings. The Labute approximate surface area is 161 Å². The number of benzene rings is 1. The third-order valence-electron chi connectivity index (χ3n) is 4.93. The van der Waals surface area contributed by atoms with Crippen LogP contribution in [0, 0.1) is 30.0 Å². The van der Waals surface area contributed by atoms with Crippen LogP contribution < -0.4 is 9.64 Å². The first-order chi connectivity index (χ1) is 13.5. The molecular weight excluding hydrogens is 362 g/mol. The van der Waals surface area contributed by atoms with Gasteiger partial charge in [0.25, 0.3) is 5.95 Å². The minimum atomic E-state index is -0.607. The number of ether oxygens (including phenoxy) is 1. The number of hydrogen-bond acceptors (Lipinski definition) is 5. The Balaban J connectivity index is 1.55. The van der Waals surface area contributed by atoms with Crippen LogP contribution in [0.15, 0.2) is 36.5 Å². The Morgan fingerprint density at radius 2 is 1.96 bits per heavy atom. The molecule has 0 saturated carbocycles. The summed E-state index contributed by atoms with van der Waals surface area (Å²) in [5, 5.41) is 10.1. The van der Waals surface area contributed by atoms with E-state index in [4.69, 9.17) is 4.74 Å². The molecule has 0 spiro atoms. The number of anilines is 1. The number of nitriles is 1. The van der Waals surface area contributed by atoms with Crippen molar-refractivity contribution < 1.29 is 13.5 Å². The fraction of sp³-hybridized carbons (Fsp3) is 0.286. The van der Waals surface area contributed by atoms with Gasteiger partial charge in [-0.05, 0) is 37.3 Å². The van der Waals surface area contributed by atoms with Crippen LogP contribution in [-0.4, -0.2) is 29.2 Å². The second-order valence-electron chi connectivity index (χ2n) is 6.84. The molecule has 142 valence electrons. The second-order valence-corrected chi connectivity index (χ2v) is 6.84. The molecule has 3 heterocycles. The predicted octanol–water partition coefficient (Wildman–Crippen LogP) is 4.14. The molecule has 0 bridgehead atoms. The highest BCUT2D eigenvalue weighted by Gasteiger charge is 2.25. The summed E-state index contributed by atoms with van der Waals surface area (Å²) in [6.07, 6.45) is 2.67. The molecule has 1 saturated heterocycles. The van der Waals surface area contributed by atoms with Crippen LogP contribution >= 0.6 is 0 Å². The highest BCUT2D eigenvalue weighted by molar-refractivity contribution is 5.94. The summed E-state index contributed by atoms with van der Waals surface area (Å²) in [6.45, 7) is 2.94. The van der Waals surface area contributed by atoms with E-state index in [-0.39, 0.29) is 17.7 Å². The third-order valence-corrected chi connectivity index (χ3v) is 4.93. The molecule has 4 rings (SSSR count). The van der Waals surface area contributed by atoms with E-state index in [1.165, 1.54) is 18.3 Å². The number of pyridine rings is 2. The lowest BCUT2D eigenvalue weighted by molar-refractivity contribution is 0.162. The number of nitrogens with zero attached hydrogens (tertiary/aromatic N) is 4. The molecule has 3 aromatic rings. The normalized spacial score (nSPS) is 14.9. The number of aryl methyl sites for hydroxylation is 1. The average molecular weight is 380 g/mol. The molecule has 0 unspecified atom stereocenters. The molecule has 28 heavy (non-hydrogen) atoms. The lowest BCUT2D eigenvalue weighted by atomic mass is 10.0. The van der Waals surface area contributed by atoms with Crippen LogP contribution in [0.5, 0.6) is 5.75 Å². The highest BCUT2D eigenvalue weighted by Crippen LogP contribution is 2.32. The highest BCUT2D eigenvalue weighted by atomic mass is 19.1. The fourth-order valence-electron chi connectivity index (χ4n) is 3.55. The predicted molar refractivity (Wildman–Crippen MR) is 101 cm³/mol. The molecule has 0 atom stereocenters. The summed E-state index contributed by atoms with van der Waals surface area (Å²) in [7, 11) is 0. The summed E-state index contributed by atoms with van der Waals surface area (Å²) in [5.41, 5.74) is 2.34. The summed E-state index contributed by atoms with van der Waals surface area (Å²) >= 11 is 0. The van der Waals surface area contributed by atoms with Gasteiger partial charge in [0.05, 0.1) is 16.8 Å². The van der Waals surface area contributed by atoms with Gasteiger partial charge in [-0.1, -0.05) is 0 Å². The van der Waals surface area contributed by atoms with Gasteiger partial charge in [-0.3, -0.25) is 4.98 Å². The van der Waals surface area contributed by atoms with E-state index in [0.29, 0.717) is 53.8 Å². The van der Waals surface area contributed by atoms with E-state index in [1.54, 1.807) is 25.1 Å². The maximum Gasteiger partial charge on any atom is 0.255 e. The fourth-order valence-corrected chi connectivity index (χ4v) is 3.55. The Hall–Kier alpha value is -3.27. The first-order valence-corrected chi connectivity index (χ1v) is 9.08. The van der Waals surface area contributed by atoms with E-state index in [1.807, 2.05) is 4.90 Å². The molecule has 0 radical (unpaired) electrons. The molecule has 1 aromatic carbocycles. The zero-order valence-corrected chi connectivity index (χ0v) is 15.3. The SMILES string of the molecule is Cc1ccc(OC2CCN(c3c(C#N)cnc4ccc(F)cc34)CC2)c(F)n1. The summed E-state index contributed by atoms with van der Waals surface area (Å²) in [6, 6.07) is 9.84. The Kier molecular flexibility index (Phi) is 4.78. The van der Waals surface area contributed by atoms with Crippen molar-refractivity contribution in [1.82, 2.24) is 9.97 Å². The topological polar surface area (TPSA) is 62.0 Å². The molecule has 5 nitrogen and oxygen atoms in total. The van der Waals surface area contributed by atoms with Crippen LogP contribution in [0.2, 0.25) is 0 Å². The largest absolute Gasteiger partial charge is 0.485 e. The maximum atomic E-state index is 13.9. The zero-order chi connectivity index (χ0) is 19.7. The lowest BCUT2D eigenvalue weighted by Crippen LogP contribution is -2.39. The smallest absolute Gasteiger partial charge is 0.255 e. The van der Waals surface area contributed by atoms with Crippen molar-refractivity contribution in [2.45, 2.75) is 25.9 Å². The van der Waals surface area contributed by atoms with Crippen LogP contribution in [0.25, 0.3) is 10.9 Å². The summed E-state index contributed by atoms with van der Waals surface area (Å²) in [5.74, 6) is -0.825. The van der Waals surface area contributed by atoms with E-state index in [9.17, 15) is 14.0 Å². The van der Waals surface area contributed by atoms with Gasteiger partial charge in [-0.25, -0.2) is 9.37 Å². The quantitative estimate of drug-likeness (QED) is 0.639.